The van der Waals surface area contributed by atoms with E-state index in [1.54, 1.807) is 0 Å². The molecule has 0 saturated heterocycles. The van der Waals surface area contributed by atoms with Crippen LogP contribution in [0.25, 0.3) is 0 Å². The van der Waals surface area contributed by atoms with Crippen molar-refractivity contribution in [3.05, 3.63) is 29.8 Å². The van der Waals surface area contributed by atoms with Gasteiger partial charge in [0.05, 0.1) is 0 Å². The van der Waals surface area contributed by atoms with E-state index in [9.17, 15) is 0 Å². The van der Waals surface area contributed by atoms with Crippen LogP contribution in [0.1, 0.15) is 5.56 Å². The van der Waals surface area contributed by atoms with Crippen LogP contribution in [0.3, 0.4) is 0 Å². The summed E-state index contributed by atoms with van der Waals surface area (Å²) < 4.78 is 0. The lowest BCUT2D eigenvalue weighted by Gasteiger charge is -1.95. The van der Waals surface area contributed by atoms with Crippen molar-refractivity contribution < 1.29 is 11.0 Å². The average Bonchev–Trinajstić information content (AvgIpc) is 1.88. The van der Waals surface area contributed by atoms with Crippen LogP contribution in [0.4, 0.5) is 0 Å². The predicted molar refractivity (Wildman–Crippen MR) is 57.0 cm³/mol. The molecule has 0 saturated carbocycles. The van der Waals surface area contributed by atoms with Gasteiger partial charge in [-0.05, 0) is 5.56 Å². The van der Waals surface area contributed by atoms with Crippen molar-refractivity contribution in [3.8, 4) is 0 Å². The van der Waals surface area contributed by atoms with Gasteiger partial charge in [0, 0.05) is 6.54 Å². The van der Waals surface area contributed by atoms with Crippen LogP contribution in [0.15, 0.2) is 24.3 Å². The molecule has 0 fully saturated rings. The fourth-order valence-corrected chi connectivity index (χ4v) is 0.839. The van der Waals surface area contributed by atoms with Crippen LogP contribution < -0.4 is 11.2 Å². The molecule has 0 spiro atoms. The third-order valence-electron chi connectivity index (χ3n) is 1.32. The third-order valence-corrected chi connectivity index (χ3v) is 1.32. The lowest BCUT2D eigenvalue weighted by atomic mass is 9.95. The van der Waals surface area contributed by atoms with Crippen LogP contribution in [0.2, 0.25) is 0 Å². The van der Waals surface area contributed by atoms with Gasteiger partial charge in [0.15, 0.2) is 0 Å². The van der Waals surface area contributed by atoms with Crippen molar-refractivity contribution in [1.29, 1.82) is 0 Å². The van der Waals surface area contributed by atoms with Gasteiger partial charge in [-0.3, -0.25) is 0 Å². The van der Waals surface area contributed by atoms with Crippen molar-refractivity contribution >= 4 is 25.7 Å². The molecule has 0 aliphatic heterocycles. The van der Waals surface area contributed by atoms with Crippen molar-refractivity contribution in [1.82, 2.24) is 0 Å². The Hall–Kier alpha value is -0.545. The van der Waals surface area contributed by atoms with Crippen molar-refractivity contribution in [2.45, 2.75) is 6.54 Å². The minimum absolute atomic E-state index is 0. The van der Waals surface area contributed by atoms with Crippen molar-refractivity contribution in [3.63, 3.8) is 0 Å². The zero-order valence-corrected chi connectivity index (χ0v) is 7.82. The van der Waals surface area contributed by atoms with E-state index in [1.165, 1.54) is 11.0 Å². The SMILES string of the molecule is Bc1cccc(CN)c1.Cl.O.O. The maximum atomic E-state index is 5.42. The fourth-order valence-electron chi connectivity index (χ4n) is 0.839. The van der Waals surface area contributed by atoms with E-state index in [-0.39, 0.29) is 23.4 Å². The minimum atomic E-state index is 0. The zero-order chi connectivity index (χ0) is 6.69. The topological polar surface area (TPSA) is 89.0 Å². The van der Waals surface area contributed by atoms with Gasteiger partial charge in [-0.2, -0.15) is 0 Å². The Labute approximate surface area is 79.4 Å². The second-order valence-electron chi connectivity index (χ2n) is 2.19. The molecular weight excluding hydrogens is 176 g/mol. The van der Waals surface area contributed by atoms with E-state index in [2.05, 4.69) is 20.0 Å². The predicted octanol–water partition coefficient (Wildman–Crippen LogP) is -1.82. The van der Waals surface area contributed by atoms with Gasteiger partial charge in [-0.1, -0.05) is 29.7 Å². The fraction of sp³-hybridized carbons (Fsp3) is 0.143. The van der Waals surface area contributed by atoms with Crippen LogP contribution in [0, 0.1) is 0 Å². The van der Waals surface area contributed by atoms with Crippen molar-refractivity contribution in [2.24, 2.45) is 5.73 Å². The Bertz CT molecular complexity index is 210. The Balaban J connectivity index is -0.000000270. The highest BCUT2D eigenvalue weighted by atomic mass is 35.5. The first-order valence-corrected chi connectivity index (χ1v) is 3.08. The van der Waals surface area contributed by atoms with E-state index in [0.29, 0.717) is 6.54 Å². The second kappa shape index (κ2) is 8.55. The summed E-state index contributed by atoms with van der Waals surface area (Å²) in [6.07, 6.45) is 0. The number of rotatable bonds is 1. The third kappa shape index (κ3) is 5.15. The maximum absolute atomic E-state index is 5.42. The quantitative estimate of drug-likeness (QED) is 0.520. The van der Waals surface area contributed by atoms with Gasteiger partial charge < -0.3 is 16.7 Å². The highest BCUT2D eigenvalue weighted by Gasteiger charge is 1.86. The Kier molecular flexibility index (Phi) is 12.5. The normalized spacial score (nSPS) is 7.08. The molecule has 6 N–H and O–H groups in total. The van der Waals surface area contributed by atoms with Crippen molar-refractivity contribution in [2.75, 3.05) is 0 Å². The summed E-state index contributed by atoms with van der Waals surface area (Å²) in [4.78, 5) is 0. The highest BCUT2D eigenvalue weighted by molar-refractivity contribution is 6.32. The first kappa shape index (κ1) is 17.5. The highest BCUT2D eigenvalue weighted by Crippen LogP contribution is 1.91. The van der Waals surface area contributed by atoms with Gasteiger partial charge in [0.25, 0.3) is 0 Å². The molecule has 0 heterocycles. The minimum Gasteiger partial charge on any atom is -0.412 e. The molecule has 0 aliphatic rings. The molecule has 3 nitrogen and oxygen atoms in total. The maximum Gasteiger partial charge on any atom is 0.139 e. The summed E-state index contributed by atoms with van der Waals surface area (Å²) in [7, 11) is 2.07. The standard InChI is InChI=1S/C7H10BN.ClH.2H2O/c8-7-3-1-2-6(4-7)5-9;;;/h1-4H,5,8-9H2;1H;2*1H2. The summed E-state index contributed by atoms with van der Waals surface area (Å²) in [5, 5.41) is 0. The molecule has 0 radical (unpaired) electrons. The monoisotopic (exact) mass is 191 g/mol. The van der Waals surface area contributed by atoms with E-state index >= 15 is 0 Å². The summed E-state index contributed by atoms with van der Waals surface area (Å²) in [5.74, 6) is 0. The number of halogens is 1. The Morgan fingerprint density at radius 2 is 1.83 bits per heavy atom. The molecule has 1 rings (SSSR count). The molecule has 0 aromatic heterocycles. The number of nitrogens with two attached hydrogens (primary N) is 1. The molecule has 5 heteroatoms. The molecule has 0 atom stereocenters. The van der Waals surface area contributed by atoms with Gasteiger partial charge >= 0.3 is 0 Å². The number of benzene rings is 1. The van der Waals surface area contributed by atoms with Gasteiger partial charge in [-0.25, -0.2) is 0 Å². The molecule has 1 aromatic carbocycles. The molecular formula is C7H15BClNO2. The zero-order valence-electron chi connectivity index (χ0n) is 7.00. The van der Waals surface area contributed by atoms with Crippen LogP contribution in [0.5, 0.6) is 0 Å². The molecule has 0 amide bonds. The first-order valence-electron chi connectivity index (χ1n) is 3.08. The molecule has 70 valence electrons. The van der Waals surface area contributed by atoms with Crippen LogP contribution >= 0.6 is 12.4 Å². The average molecular weight is 191 g/mol. The van der Waals surface area contributed by atoms with Crippen LogP contribution in [-0.2, 0) is 6.54 Å². The lowest BCUT2D eigenvalue weighted by molar-refractivity contribution is 0.823. The van der Waals surface area contributed by atoms with Crippen LogP contribution in [-0.4, -0.2) is 18.8 Å². The summed E-state index contributed by atoms with van der Waals surface area (Å²) in [5.41, 5.74) is 7.90. The molecule has 12 heavy (non-hydrogen) atoms. The molecule has 0 bridgehead atoms. The Morgan fingerprint density at radius 1 is 1.25 bits per heavy atom. The van der Waals surface area contributed by atoms with Gasteiger partial charge in [0.2, 0.25) is 0 Å². The van der Waals surface area contributed by atoms with Gasteiger partial charge in [-0.15, -0.1) is 12.4 Å². The van der Waals surface area contributed by atoms with E-state index in [0.717, 1.165) is 0 Å². The lowest BCUT2D eigenvalue weighted by Crippen LogP contribution is -2.05. The number of hydrogen-bond acceptors (Lipinski definition) is 1. The summed E-state index contributed by atoms with van der Waals surface area (Å²) in [6.45, 7) is 0.641. The Morgan fingerprint density at radius 3 is 2.17 bits per heavy atom. The van der Waals surface area contributed by atoms with E-state index in [4.69, 9.17) is 5.73 Å². The van der Waals surface area contributed by atoms with Gasteiger partial charge in [0.1, 0.15) is 7.85 Å². The molecule has 1 aromatic rings. The van der Waals surface area contributed by atoms with E-state index < -0.39 is 0 Å². The first-order chi connectivity index (χ1) is 4.33. The summed E-state index contributed by atoms with van der Waals surface area (Å²) in [6, 6.07) is 8.23. The largest absolute Gasteiger partial charge is 0.412 e. The van der Waals surface area contributed by atoms with E-state index in [1.807, 2.05) is 12.1 Å². The smallest absolute Gasteiger partial charge is 0.139 e. The molecule has 0 aliphatic carbocycles. The summed E-state index contributed by atoms with van der Waals surface area (Å²) >= 11 is 0. The second-order valence-corrected chi connectivity index (χ2v) is 2.19. The number of hydrogen-bond donors (Lipinski definition) is 1. The molecule has 0 unspecified atom stereocenters.